The summed E-state index contributed by atoms with van der Waals surface area (Å²) in [5.74, 6) is 1.93. The molecule has 0 aromatic carbocycles. The van der Waals surface area contributed by atoms with Crippen molar-refractivity contribution in [3.8, 4) is 0 Å². The maximum Gasteiger partial charge on any atom is 0.208 e. The van der Waals surface area contributed by atoms with Crippen LogP contribution in [0.15, 0.2) is 5.16 Å². The Morgan fingerprint density at radius 3 is 2.81 bits per heavy atom. The standard InChI is InChI=1S/C10H16BrN3OS/c1-8-12-9(14-13-8)16-7-10(6-11)2-4-15-5-3-10/h2-7H2,1H3,(H,12,13,14). The van der Waals surface area contributed by atoms with Crippen molar-refractivity contribution in [2.45, 2.75) is 24.9 Å². The zero-order valence-corrected chi connectivity index (χ0v) is 11.7. The molecule has 0 saturated carbocycles. The second-order valence-corrected chi connectivity index (χ2v) is 5.74. The van der Waals surface area contributed by atoms with Crippen LogP contribution < -0.4 is 0 Å². The zero-order valence-electron chi connectivity index (χ0n) is 9.33. The summed E-state index contributed by atoms with van der Waals surface area (Å²) in [5.41, 5.74) is 0.345. The lowest BCUT2D eigenvalue weighted by Gasteiger charge is -2.34. The number of nitrogens with zero attached hydrogens (tertiary/aromatic N) is 2. The maximum absolute atomic E-state index is 5.42. The van der Waals surface area contributed by atoms with Gasteiger partial charge in [0.1, 0.15) is 5.82 Å². The number of halogens is 1. The third-order valence-electron chi connectivity index (χ3n) is 2.92. The molecular formula is C10H16BrN3OS. The number of aryl methyl sites for hydroxylation is 1. The molecule has 16 heavy (non-hydrogen) atoms. The minimum atomic E-state index is 0.345. The molecule has 0 atom stereocenters. The van der Waals surface area contributed by atoms with Gasteiger partial charge in [0, 0.05) is 24.3 Å². The van der Waals surface area contributed by atoms with E-state index >= 15 is 0 Å². The molecule has 0 aliphatic carbocycles. The quantitative estimate of drug-likeness (QED) is 0.685. The molecule has 1 saturated heterocycles. The molecule has 0 unspecified atom stereocenters. The van der Waals surface area contributed by atoms with Gasteiger partial charge in [-0.15, -0.1) is 5.10 Å². The minimum Gasteiger partial charge on any atom is -0.381 e. The summed E-state index contributed by atoms with van der Waals surface area (Å²) in [5, 5.41) is 8.89. The second-order valence-electron chi connectivity index (χ2n) is 4.24. The van der Waals surface area contributed by atoms with Crippen molar-refractivity contribution in [1.82, 2.24) is 15.2 Å². The third kappa shape index (κ3) is 2.99. The average Bonchev–Trinajstić information content (AvgIpc) is 2.74. The van der Waals surface area contributed by atoms with Gasteiger partial charge in [0.15, 0.2) is 0 Å². The maximum atomic E-state index is 5.42. The summed E-state index contributed by atoms with van der Waals surface area (Å²) in [6.07, 6.45) is 2.24. The Hall–Kier alpha value is -0.0700. The van der Waals surface area contributed by atoms with E-state index in [0.717, 1.165) is 48.1 Å². The number of hydrogen-bond donors (Lipinski definition) is 1. The van der Waals surface area contributed by atoms with Crippen LogP contribution in [0.4, 0.5) is 0 Å². The van der Waals surface area contributed by atoms with E-state index in [9.17, 15) is 0 Å². The van der Waals surface area contributed by atoms with Gasteiger partial charge in [-0.25, -0.2) is 4.98 Å². The van der Waals surface area contributed by atoms with E-state index in [0.29, 0.717) is 5.41 Å². The molecule has 4 nitrogen and oxygen atoms in total. The van der Waals surface area contributed by atoms with Crippen LogP contribution in [0.1, 0.15) is 18.7 Å². The fourth-order valence-electron chi connectivity index (χ4n) is 1.73. The van der Waals surface area contributed by atoms with E-state index in [1.54, 1.807) is 11.8 Å². The van der Waals surface area contributed by atoms with Gasteiger partial charge in [-0.1, -0.05) is 27.7 Å². The molecule has 2 rings (SSSR count). The van der Waals surface area contributed by atoms with Gasteiger partial charge in [-0.05, 0) is 25.2 Å². The van der Waals surface area contributed by atoms with E-state index in [1.807, 2.05) is 6.92 Å². The smallest absolute Gasteiger partial charge is 0.208 e. The number of alkyl halides is 1. The molecule has 0 spiro atoms. The molecule has 1 aromatic heterocycles. The zero-order chi connectivity index (χ0) is 11.4. The molecule has 1 aliphatic rings. The van der Waals surface area contributed by atoms with Gasteiger partial charge in [0.25, 0.3) is 0 Å². The topological polar surface area (TPSA) is 50.8 Å². The van der Waals surface area contributed by atoms with Crippen molar-refractivity contribution in [1.29, 1.82) is 0 Å². The largest absolute Gasteiger partial charge is 0.381 e. The fourth-order valence-corrected chi connectivity index (χ4v) is 3.88. The number of ether oxygens (including phenoxy) is 1. The van der Waals surface area contributed by atoms with Crippen LogP contribution in [-0.4, -0.2) is 39.5 Å². The van der Waals surface area contributed by atoms with Gasteiger partial charge in [0.05, 0.1) is 0 Å². The van der Waals surface area contributed by atoms with E-state index in [2.05, 4.69) is 31.1 Å². The monoisotopic (exact) mass is 305 g/mol. The van der Waals surface area contributed by atoms with Gasteiger partial charge >= 0.3 is 0 Å². The van der Waals surface area contributed by atoms with Crippen molar-refractivity contribution < 1.29 is 4.74 Å². The van der Waals surface area contributed by atoms with E-state index in [-0.39, 0.29) is 0 Å². The van der Waals surface area contributed by atoms with E-state index in [4.69, 9.17) is 4.74 Å². The first-order valence-electron chi connectivity index (χ1n) is 5.40. The number of thioether (sulfide) groups is 1. The summed E-state index contributed by atoms with van der Waals surface area (Å²) < 4.78 is 5.42. The average molecular weight is 306 g/mol. The normalized spacial score (nSPS) is 19.9. The lowest BCUT2D eigenvalue weighted by molar-refractivity contribution is 0.0374. The first-order valence-corrected chi connectivity index (χ1v) is 7.50. The first-order chi connectivity index (χ1) is 7.74. The lowest BCUT2D eigenvalue weighted by Crippen LogP contribution is -2.33. The SMILES string of the molecule is Cc1nc(SCC2(CBr)CCOCC2)n[nH]1. The molecule has 6 heteroatoms. The molecule has 0 amide bonds. The van der Waals surface area contributed by atoms with Crippen LogP contribution in [0.2, 0.25) is 0 Å². The highest BCUT2D eigenvalue weighted by Crippen LogP contribution is 2.37. The molecule has 90 valence electrons. The predicted octanol–water partition coefficient (Wildman–Crippen LogP) is 2.40. The number of aromatic nitrogens is 3. The third-order valence-corrected chi connectivity index (χ3v) is 5.31. The van der Waals surface area contributed by atoms with Crippen LogP contribution in [0.5, 0.6) is 0 Å². The fraction of sp³-hybridized carbons (Fsp3) is 0.800. The van der Waals surface area contributed by atoms with Gasteiger partial charge in [-0.2, -0.15) is 0 Å². The van der Waals surface area contributed by atoms with E-state index < -0.39 is 0 Å². The van der Waals surface area contributed by atoms with Crippen molar-refractivity contribution in [2.24, 2.45) is 5.41 Å². The predicted molar refractivity (Wildman–Crippen MR) is 68.1 cm³/mol. The van der Waals surface area contributed by atoms with Crippen LogP contribution in [-0.2, 0) is 4.74 Å². The molecule has 1 fully saturated rings. The van der Waals surface area contributed by atoms with Crippen molar-refractivity contribution >= 4 is 27.7 Å². The first kappa shape index (κ1) is 12.4. The molecule has 0 bridgehead atoms. The number of aromatic amines is 1. The van der Waals surface area contributed by atoms with Crippen LogP contribution in [0.25, 0.3) is 0 Å². The minimum absolute atomic E-state index is 0.345. The highest BCUT2D eigenvalue weighted by Gasteiger charge is 2.31. The molecule has 0 radical (unpaired) electrons. The Morgan fingerprint density at radius 1 is 1.50 bits per heavy atom. The van der Waals surface area contributed by atoms with Crippen molar-refractivity contribution in [3.05, 3.63) is 5.82 Å². The summed E-state index contributed by atoms with van der Waals surface area (Å²) in [7, 11) is 0. The molecule has 1 aromatic rings. The number of rotatable bonds is 4. The Labute approximate surface area is 108 Å². The Morgan fingerprint density at radius 2 is 2.25 bits per heavy atom. The van der Waals surface area contributed by atoms with Crippen LogP contribution in [0, 0.1) is 12.3 Å². The van der Waals surface area contributed by atoms with E-state index in [1.165, 1.54) is 0 Å². The molecule has 1 N–H and O–H groups in total. The summed E-state index contributed by atoms with van der Waals surface area (Å²) in [6.45, 7) is 3.67. The Bertz CT molecular complexity index is 339. The van der Waals surface area contributed by atoms with Gasteiger partial charge < -0.3 is 4.74 Å². The van der Waals surface area contributed by atoms with Crippen molar-refractivity contribution in [2.75, 3.05) is 24.3 Å². The molecule has 1 aliphatic heterocycles. The van der Waals surface area contributed by atoms with Gasteiger partial charge in [0.2, 0.25) is 5.16 Å². The number of nitrogens with one attached hydrogen (secondary N) is 1. The van der Waals surface area contributed by atoms with Crippen LogP contribution in [0.3, 0.4) is 0 Å². The Balaban J connectivity index is 1.91. The summed E-state index contributed by atoms with van der Waals surface area (Å²) in [6, 6.07) is 0. The number of H-pyrrole nitrogens is 1. The highest BCUT2D eigenvalue weighted by molar-refractivity contribution is 9.09. The molecular weight excluding hydrogens is 290 g/mol. The number of hydrogen-bond acceptors (Lipinski definition) is 4. The highest BCUT2D eigenvalue weighted by atomic mass is 79.9. The summed E-state index contributed by atoms with van der Waals surface area (Å²) >= 11 is 5.36. The lowest BCUT2D eigenvalue weighted by atomic mass is 9.85. The summed E-state index contributed by atoms with van der Waals surface area (Å²) in [4.78, 5) is 4.31. The second kappa shape index (κ2) is 5.51. The van der Waals surface area contributed by atoms with Crippen LogP contribution >= 0.6 is 27.7 Å². The molecule has 2 heterocycles. The Kier molecular flexibility index (Phi) is 4.27. The van der Waals surface area contributed by atoms with Crippen molar-refractivity contribution in [3.63, 3.8) is 0 Å². The van der Waals surface area contributed by atoms with Gasteiger partial charge in [-0.3, -0.25) is 5.10 Å².